The van der Waals surface area contributed by atoms with E-state index in [9.17, 15) is 4.79 Å². The van der Waals surface area contributed by atoms with Gasteiger partial charge in [0.15, 0.2) is 0 Å². The van der Waals surface area contributed by atoms with Crippen LogP contribution in [0.15, 0.2) is 55.2 Å². The number of carbonyl (C=O) groups is 1. The van der Waals surface area contributed by atoms with Gasteiger partial charge in [-0.15, -0.1) is 0 Å². The second-order valence-corrected chi connectivity index (χ2v) is 8.40. The van der Waals surface area contributed by atoms with E-state index >= 15 is 0 Å². The van der Waals surface area contributed by atoms with Crippen LogP contribution >= 0.6 is 0 Å². The topological polar surface area (TPSA) is 85.2 Å². The molecule has 1 amide bonds. The molecule has 1 aromatic carbocycles. The fourth-order valence-electron chi connectivity index (χ4n) is 4.61. The summed E-state index contributed by atoms with van der Waals surface area (Å²) in [6, 6.07) is 8.40. The molecule has 8 nitrogen and oxygen atoms in total. The highest BCUT2D eigenvalue weighted by molar-refractivity contribution is 6.00. The van der Waals surface area contributed by atoms with Crippen molar-refractivity contribution >= 4 is 11.6 Å². The molecule has 1 aliphatic carbocycles. The van der Waals surface area contributed by atoms with Crippen molar-refractivity contribution < 1.29 is 9.53 Å². The van der Waals surface area contributed by atoms with Crippen molar-refractivity contribution in [1.29, 1.82) is 0 Å². The van der Waals surface area contributed by atoms with E-state index in [0.29, 0.717) is 19.3 Å². The van der Waals surface area contributed by atoms with Gasteiger partial charge in [-0.3, -0.25) is 19.4 Å². The van der Waals surface area contributed by atoms with Gasteiger partial charge in [-0.25, -0.2) is 0 Å². The lowest BCUT2D eigenvalue weighted by molar-refractivity contribution is 0.0920. The van der Waals surface area contributed by atoms with Crippen molar-refractivity contribution in [3.63, 3.8) is 0 Å². The van der Waals surface area contributed by atoms with E-state index in [1.165, 1.54) is 0 Å². The number of benzene rings is 1. The normalized spacial score (nSPS) is 21.3. The van der Waals surface area contributed by atoms with E-state index in [2.05, 4.69) is 25.3 Å². The van der Waals surface area contributed by atoms with Crippen molar-refractivity contribution in [1.82, 2.24) is 25.1 Å². The molecule has 0 atom stereocenters. The Morgan fingerprint density at radius 2 is 1.84 bits per heavy atom. The Labute approximate surface area is 187 Å². The number of hydrogen-bond acceptors (Lipinski definition) is 6. The van der Waals surface area contributed by atoms with Crippen molar-refractivity contribution in [2.45, 2.75) is 37.8 Å². The minimum atomic E-state index is 0.0135. The average molecular weight is 433 g/mol. The Bertz CT molecular complexity index is 1040. The van der Waals surface area contributed by atoms with Crippen LogP contribution < -0.4 is 10.2 Å². The number of nitrogens with one attached hydrogen (secondary N) is 1. The largest absolute Gasteiger partial charge is 0.378 e. The maximum Gasteiger partial charge on any atom is 0.253 e. The highest BCUT2D eigenvalue weighted by Crippen LogP contribution is 2.30. The predicted molar refractivity (Wildman–Crippen MR) is 121 cm³/mol. The maximum absolute atomic E-state index is 13.1. The van der Waals surface area contributed by atoms with E-state index in [1.807, 2.05) is 41.3 Å². The number of carbonyl (C=O) groups excluding carboxylic acids is 1. The molecule has 32 heavy (non-hydrogen) atoms. The van der Waals surface area contributed by atoms with Gasteiger partial charge in [-0.1, -0.05) is 12.1 Å². The Balaban J connectivity index is 1.19. The second kappa shape index (κ2) is 9.48. The zero-order valence-corrected chi connectivity index (χ0v) is 18.1. The van der Waals surface area contributed by atoms with Crippen molar-refractivity contribution in [2.24, 2.45) is 0 Å². The summed E-state index contributed by atoms with van der Waals surface area (Å²) in [6.45, 7) is 3.03. The lowest BCUT2D eigenvalue weighted by Crippen LogP contribution is -2.40. The first-order valence-electron chi connectivity index (χ1n) is 11.3. The Hall–Kier alpha value is -3.26. The zero-order valence-electron chi connectivity index (χ0n) is 18.1. The van der Waals surface area contributed by atoms with Gasteiger partial charge < -0.3 is 15.0 Å². The van der Waals surface area contributed by atoms with E-state index in [4.69, 9.17) is 4.74 Å². The number of ether oxygens (including phenoxy) is 1. The summed E-state index contributed by atoms with van der Waals surface area (Å²) in [4.78, 5) is 23.8. The molecule has 8 heteroatoms. The molecule has 1 saturated carbocycles. The van der Waals surface area contributed by atoms with Crippen LogP contribution in [0.5, 0.6) is 0 Å². The number of rotatable bonds is 5. The molecule has 3 aromatic rings. The summed E-state index contributed by atoms with van der Waals surface area (Å²) in [5.74, 6) is 0.0135. The summed E-state index contributed by atoms with van der Waals surface area (Å²) in [7, 11) is 0. The number of nitrogens with zero attached hydrogens (tertiary/aromatic N) is 5. The molecule has 0 bridgehead atoms. The lowest BCUT2D eigenvalue weighted by atomic mass is 9.91. The lowest BCUT2D eigenvalue weighted by Gasteiger charge is -2.32. The quantitative estimate of drug-likeness (QED) is 0.667. The van der Waals surface area contributed by atoms with E-state index in [1.54, 1.807) is 18.6 Å². The van der Waals surface area contributed by atoms with Gasteiger partial charge >= 0.3 is 0 Å². The summed E-state index contributed by atoms with van der Waals surface area (Å²) in [5, 5.41) is 7.83. The van der Waals surface area contributed by atoms with E-state index < -0.39 is 0 Å². The number of morpholine rings is 1. The molecule has 2 aliphatic rings. The number of amides is 1. The number of aromatic nitrogens is 4. The van der Waals surface area contributed by atoms with Crippen LogP contribution in [-0.2, 0) is 4.74 Å². The smallest absolute Gasteiger partial charge is 0.253 e. The Kier molecular flexibility index (Phi) is 6.11. The zero-order chi connectivity index (χ0) is 21.8. The van der Waals surface area contributed by atoms with Gasteiger partial charge in [-0.05, 0) is 37.8 Å². The fraction of sp³-hybridized carbons (Fsp3) is 0.417. The Morgan fingerprint density at radius 1 is 1.03 bits per heavy atom. The van der Waals surface area contributed by atoms with Crippen molar-refractivity contribution in [2.75, 3.05) is 31.2 Å². The Morgan fingerprint density at radius 3 is 2.62 bits per heavy atom. The molecule has 1 saturated heterocycles. The third kappa shape index (κ3) is 4.50. The van der Waals surface area contributed by atoms with Gasteiger partial charge in [0.05, 0.1) is 42.9 Å². The summed E-state index contributed by atoms with van der Waals surface area (Å²) in [5.41, 5.74) is 3.55. The van der Waals surface area contributed by atoms with Gasteiger partial charge in [0, 0.05) is 49.0 Å². The summed E-state index contributed by atoms with van der Waals surface area (Å²) >= 11 is 0. The number of hydrogen-bond donors (Lipinski definition) is 1. The molecule has 0 spiro atoms. The van der Waals surface area contributed by atoms with Crippen LogP contribution in [0.1, 0.15) is 42.1 Å². The molecule has 2 fully saturated rings. The van der Waals surface area contributed by atoms with Crippen LogP contribution in [-0.4, -0.2) is 58.0 Å². The summed E-state index contributed by atoms with van der Waals surface area (Å²) in [6.07, 6.45) is 12.9. The third-order valence-corrected chi connectivity index (χ3v) is 6.37. The standard InChI is InChI=1S/C24H28N6O2/c31-24(21-3-1-2-4-23(21)29-11-13-32-14-12-29)28-19-5-7-20(8-6-19)30-17-18(15-27-30)22-16-25-9-10-26-22/h1-4,9-10,15-17,19-20H,5-8,11-14H2,(H,28,31). The van der Waals surface area contributed by atoms with Crippen LogP contribution in [0, 0.1) is 0 Å². The molecule has 3 heterocycles. The second-order valence-electron chi connectivity index (χ2n) is 8.40. The molecular formula is C24H28N6O2. The molecule has 2 aromatic heterocycles. The molecule has 1 aliphatic heterocycles. The summed E-state index contributed by atoms with van der Waals surface area (Å²) < 4.78 is 7.50. The van der Waals surface area contributed by atoms with Crippen LogP contribution in [0.2, 0.25) is 0 Å². The van der Waals surface area contributed by atoms with Crippen LogP contribution in [0.3, 0.4) is 0 Å². The van der Waals surface area contributed by atoms with Gasteiger partial charge in [-0.2, -0.15) is 5.10 Å². The van der Waals surface area contributed by atoms with Crippen molar-refractivity contribution in [3.8, 4) is 11.3 Å². The fourth-order valence-corrected chi connectivity index (χ4v) is 4.61. The first-order chi connectivity index (χ1) is 15.8. The number of para-hydroxylation sites is 1. The van der Waals surface area contributed by atoms with Gasteiger partial charge in [0.1, 0.15) is 0 Å². The molecule has 166 valence electrons. The van der Waals surface area contributed by atoms with Crippen LogP contribution in [0.25, 0.3) is 11.3 Å². The maximum atomic E-state index is 13.1. The SMILES string of the molecule is O=C(NC1CCC(n2cc(-c3cnccn3)cn2)CC1)c1ccccc1N1CCOCC1. The van der Waals surface area contributed by atoms with Crippen LogP contribution in [0.4, 0.5) is 5.69 Å². The highest BCUT2D eigenvalue weighted by Gasteiger charge is 2.26. The molecular weight excluding hydrogens is 404 g/mol. The molecule has 5 rings (SSSR count). The third-order valence-electron chi connectivity index (χ3n) is 6.37. The minimum absolute atomic E-state index is 0.0135. The monoisotopic (exact) mass is 432 g/mol. The van der Waals surface area contributed by atoms with E-state index in [-0.39, 0.29) is 11.9 Å². The van der Waals surface area contributed by atoms with Crippen molar-refractivity contribution in [3.05, 3.63) is 60.8 Å². The highest BCUT2D eigenvalue weighted by atomic mass is 16.5. The first kappa shape index (κ1) is 20.6. The number of anilines is 1. The molecule has 0 radical (unpaired) electrons. The molecule has 0 unspecified atom stereocenters. The molecule has 1 N–H and O–H groups in total. The first-order valence-corrected chi connectivity index (χ1v) is 11.3. The minimum Gasteiger partial charge on any atom is -0.378 e. The predicted octanol–water partition coefficient (Wildman–Crippen LogP) is 3.09. The van der Waals surface area contributed by atoms with E-state index in [0.717, 1.165) is 61.3 Å². The van der Waals surface area contributed by atoms with Gasteiger partial charge in [0.2, 0.25) is 0 Å². The van der Waals surface area contributed by atoms with Gasteiger partial charge in [0.25, 0.3) is 5.91 Å². The average Bonchev–Trinajstić information content (AvgIpc) is 3.36.